The van der Waals surface area contributed by atoms with Crippen molar-refractivity contribution < 1.29 is 26.3 Å². The van der Waals surface area contributed by atoms with Gasteiger partial charge in [-0.15, -0.1) is 0 Å². The molecule has 0 atom stereocenters. The first-order valence-corrected chi connectivity index (χ1v) is 14.2. The molecule has 0 amide bonds. The number of hydrogen-bond acceptors (Lipinski definition) is 1. The SMILES string of the molecule is [C-]#[N+]c1ccc(-c2c(F)cc(-c3ccc(Cc4ccc(-c5cc(F)c(-c6ccc(C#N)c(F)c6)c(F)c5)cc4)cc3)cc2F)cc1F. The molecule has 0 radical (unpaired) electrons. The van der Waals surface area contributed by atoms with E-state index in [1.165, 1.54) is 48.5 Å². The van der Waals surface area contributed by atoms with Gasteiger partial charge >= 0.3 is 0 Å². The Morgan fingerprint density at radius 2 is 0.851 bits per heavy atom. The number of hydrogen-bond donors (Lipinski definition) is 0. The summed E-state index contributed by atoms with van der Waals surface area (Å²) in [7, 11) is 0. The zero-order valence-corrected chi connectivity index (χ0v) is 24.3. The molecular formula is C39H20F6N2. The molecule has 0 bridgehead atoms. The van der Waals surface area contributed by atoms with Crippen molar-refractivity contribution in [1.82, 2.24) is 0 Å². The molecule has 0 spiro atoms. The zero-order valence-electron chi connectivity index (χ0n) is 24.3. The summed E-state index contributed by atoms with van der Waals surface area (Å²) in [4.78, 5) is 3.02. The van der Waals surface area contributed by atoms with E-state index in [2.05, 4.69) is 4.85 Å². The molecule has 0 aromatic heterocycles. The van der Waals surface area contributed by atoms with Crippen LogP contribution < -0.4 is 0 Å². The molecule has 228 valence electrons. The highest BCUT2D eigenvalue weighted by molar-refractivity contribution is 5.74. The van der Waals surface area contributed by atoms with Crippen LogP contribution in [-0.2, 0) is 6.42 Å². The van der Waals surface area contributed by atoms with Crippen molar-refractivity contribution in [3.63, 3.8) is 0 Å². The Morgan fingerprint density at radius 1 is 0.468 bits per heavy atom. The number of halogens is 6. The highest BCUT2D eigenvalue weighted by Crippen LogP contribution is 2.35. The van der Waals surface area contributed by atoms with Crippen molar-refractivity contribution in [2.75, 3.05) is 0 Å². The average molecular weight is 631 g/mol. The minimum Gasteiger partial charge on any atom is -0.235 e. The van der Waals surface area contributed by atoms with Gasteiger partial charge in [0.1, 0.15) is 41.0 Å². The van der Waals surface area contributed by atoms with Crippen molar-refractivity contribution >= 4 is 5.69 Å². The fraction of sp³-hybridized carbons (Fsp3) is 0.0256. The minimum absolute atomic E-state index is 0.00936. The fourth-order valence-electron chi connectivity index (χ4n) is 5.41. The van der Waals surface area contributed by atoms with E-state index in [0.29, 0.717) is 28.7 Å². The zero-order chi connectivity index (χ0) is 33.2. The summed E-state index contributed by atoms with van der Waals surface area (Å²) in [5.74, 6) is -5.19. The second-order valence-corrected chi connectivity index (χ2v) is 10.8. The normalized spacial score (nSPS) is 10.8. The van der Waals surface area contributed by atoms with Crippen LogP contribution in [0.25, 0.3) is 49.4 Å². The second kappa shape index (κ2) is 12.7. The number of benzene rings is 6. The van der Waals surface area contributed by atoms with Gasteiger partial charge in [-0.25, -0.2) is 31.2 Å². The Labute approximate surface area is 266 Å². The molecule has 6 aromatic carbocycles. The molecule has 0 aliphatic carbocycles. The van der Waals surface area contributed by atoms with Crippen molar-refractivity contribution in [1.29, 1.82) is 5.26 Å². The quantitative estimate of drug-likeness (QED) is 0.133. The van der Waals surface area contributed by atoms with Gasteiger partial charge in [-0.2, -0.15) is 5.26 Å². The lowest BCUT2D eigenvalue weighted by Crippen LogP contribution is -1.95. The molecule has 0 saturated heterocycles. The fourth-order valence-corrected chi connectivity index (χ4v) is 5.41. The average Bonchev–Trinajstić information content (AvgIpc) is 3.05. The number of rotatable bonds is 6. The first kappa shape index (κ1) is 30.9. The van der Waals surface area contributed by atoms with Gasteiger partial charge in [0.15, 0.2) is 0 Å². The number of nitriles is 1. The largest absolute Gasteiger partial charge is 0.235 e. The Hall–Kier alpha value is -6.12. The Bertz CT molecular complexity index is 2040. The predicted molar refractivity (Wildman–Crippen MR) is 168 cm³/mol. The lowest BCUT2D eigenvalue weighted by Gasteiger charge is -2.11. The molecule has 0 aliphatic rings. The van der Waals surface area contributed by atoms with Gasteiger partial charge in [0, 0.05) is 0 Å². The molecule has 0 fully saturated rings. The highest BCUT2D eigenvalue weighted by atomic mass is 19.2. The molecule has 6 rings (SSSR count). The van der Waals surface area contributed by atoms with Crippen molar-refractivity contribution in [3.8, 4) is 50.6 Å². The Balaban J connectivity index is 1.17. The summed E-state index contributed by atoms with van der Waals surface area (Å²) in [5, 5.41) is 8.90. The lowest BCUT2D eigenvalue weighted by molar-refractivity contribution is 0.588. The second-order valence-electron chi connectivity index (χ2n) is 10.8. The van der Waals surface area contributed by atoms with Gasteiger partial charge in [-0.1, -0.05) is 66.7 Å². The predicted octanol–water partition coefficient (Wildman–Crippen LogP) is 11.2. The molecule has 47 heavy (non-hydrogen) atoms. The molecular weight excluding hydrogens is 610 g/mol. The summed E-state index contributed by atoms with van der Waals surface area (Å²) in [6.45, 7) is 6.94. The van der Waals surface area contributed by atoms with E-state index < -0.39 is 34.9 Å². The topological polar surface area (TPSA) is 28.1 Å². The maximum absolute atomic E-state index is 15.0. The van der Waals surface area contributed by atoms with E-state index in [4.69, 9.17) is 11.8 Å². The molecule has 0 unspecified atom stereocenters. The summed E-state index contributed by atoms with van der Waals surface area (Å²) < 4.78 is 88.1. The third kappa shape index (κ3) is 6.22. The van der Waals surface area contributed by atoms with Crippen LogP contribution in [0.2, 0.25) is 0 Å². The van der Waals surface area contributed by atoms with Gasteiger partial charge in [0.25, 0.3) is 0 Å². The smallest absolute Gasteiger partial charge is 0.222 e. The Morgan fingerprint density at radius 3 is 1.23 bits per heavy atom. The third-order valence-corrected chi connectivity index (χ3v) is 7.80. The van der Waals surface area contributed by atoms with Gasteiger partial charge in [-0.3, -0.25) is 0 Å². The molecule has 0 aliphatic heterocycles. The van der Waals surface area contributed by atoms with Crippen LogP contribution in [0.5, 0.6) is 0 Å². The van der Waals surface area contributed by atoms with E-state index >= 15 is 17.6 Å². The van der Waals surface area contributed by atoms with Gasteiger partial charge in [0.2, 0.25) is 5.69 Å². The monoisotopic (exact) mass is 630 g/mol. The van der Waals surface area contributed by atoms with Crippen molar-refractivity contribution in [2.45, 2.75) is 6.42 Å². The summed E-state index contributed by atoms with van der Waals surface area (Å²) in [6.07, 6.45) is 0.514. The molecule has 6 aromatic rings. The maximum Gasteiger partial charge on any atom is 0.222 e. The first-order chi connectivity index (χ1) is 22.6. The van der Waals surface area contributed by atoms with Crippen LogP contribution in [0.15, 0.2) is 109 Å². The van der Waals surface area contributed by atoms with Gasteiger partial charge < -0.3 is 0 Å². The van der Waals surface area contributed by atoms with E-state index in [0.717, 1.165) is 23.3 Å². The van der Waals surface area contributed by atoms with Crippen LogP contribution in [0.1, 0.15) is 16.7 Å². The molecule has 0 saturated carbocycles. The Kier molecular flexibility index (Phi) is 8.35. The summed E-state index contributed by atoms with van der Waals surface area (Å²) in [5.41, 5.74) is 2.29. The van der Waals surface area contributed by atoms with Crippen molar-refractivity contribution in [2.24, 2.45) is 0 Å². The molecule has 2 nitrogen and oxygen atoms in total. The van der Waals surface area contributed by atoms with Gasteiger partial charge in [-0.05, 0) is 93.4 Å². The van der Waals surface area contributed by atoms with Crippen LogP contribution >= 0.6 is 0 Å². The van der Waals surface area contributed by atoms with Crippen LogP contribution in [-0.4, -0.2) is 0 Å². The van der Waals surface area contributed by atoms with E-state index in [9.17, 15) is 8.78 Å². The first-order valence-electron chi connectivity index (χ1n) is 14.2. The van der Waals surface area contributed by atoms with Crippen molar-refractivity contribution in [3.05, 3.63) is 172 Å². The van der Waals surface area contributed by atoms with Crippen LogP contribution in [0, 0.1) is 52.8 Å². The standard InChI is InChI=1S/C39H20F6N2/c1-47-37-13-12-27(16-32(37)41)39-35(44)19-30(20-36(39)45)25-8-4-23(5-9-25)14-22-2-6-24(7-3-22)29-17-33(42)38(34(43)18-29)26-10-11-28(21-46)31(40)15-26/h2-13,15-20H,14H2. The lowest BCUT2D eigenvalue weighted by atomic mass is 9.95. The van der Waals surface area contributed by atoms with E-state index in [-0.39, 0.29) is 33.5 Å². The summed E-state index contributed by atoms with van der Waals surface area (Å²) >= 11 is 0. The minimum atomic E-state index is -0.869. The van der Waals surface area contributed by atoms with E-state index in [1.54, 1.807) is 30.3 Å². The number of nitrogens with zero attached hydrogens (tertiary/aromatic N) is 2. The summed E-state index contributed by atoms with van der Waals surface area (Å²) in [6, 6.07) is 27.4. The molecule has 0 heterocycles. The highest BCUT2D eigenvalue weighted by Gasteiger charge is 2.18. The molecule has 0 N–H and O–H groups in total. The van der Waals surface area contributed by atoms with E-state index in [1.807, 2.05) is 24.3 Å². The van der Waals surface area contributed by atoms with Gasteiger partial charge in [0.05, 0.1) is 23.3 Å². The maximum atomic E-state index is 15.0. The third-order valence-electron chi connectivity index (χ3n) is 7.80. The molecule has 8 heteroatoms. The van der Waals surface area contributed by atoms with Crippen LogP contribution in [0.3, 0.4) is 0 Å². The van der Waals surface area contributed by atoms with Crippen LogP contribution in [0.4, 0.5) is 32.0 Å².